The number of methoxy groups -OCH3 is 1. The molecule has 0 amide bonds. The maximum absolute atomic E-state index is 11.7. The van der Waals surface area contributed by atoms with Gasteiger partial charge < -0.3 is 14.5 Å². The van der Waals surface area contributed by atoms with Crippen LogP contribution in [0.2, 0.25) is 0 Å². The molecule has 2 aromatic rings. The Morgan fingerprint density at radius 3 is 3.06 bits per heavy atom. The Balaban J connectivity index is 2.58. The average Bonchev–Trinajstić information content (AvgIpc) is 2.72. The van der Waals surface area contributed by atoms with Gasteiger partial charge in [-0.05, 0) is 13.0 Å². The van der Waals surface area contributed by atoms with Crippen LogP contribution in [-0.4, -0.2) is 29.7 Å². The smallest absolute Gasteiger partial charge is 0.340 e. The Morgan fingerprint density at radius 1 is 1.56 bits per heavy atom. The first kappa shape index (κ1) is 10.5. The van der Waals surface area contributed by atoms with Crippen molar-refractivity contribution in [2.75, 3.05) is 13.7 Å². The molecule has 16 heavy (non-hydrogen) atoms. The number of hydrogen-bond donors (Lipinski definition) is 1. The largest absolute Gasteiger partial charge is 0.480 e. The predicted octanol–water partition coefficient (Wildman–Crippen LogP) is 1.75. The third kappa shape index (κ3) is 1.60. The number of carbonyl (C=O) groups is 1. The highest BCUT2D eigenvalue weighted by Crippen LogP contribution is 2.26. The molecule has 0 aliphatic heterocycles. The van der Waals surface area contributed by atoms with E-state index in [-0.39, 0.29) is 5.97 Å². The number of fused-ring (bicyclic) bond motifs is 1. The van der Waals surface area contributed by atoms with Crippen LogP contribution in [0.4, 0.5) is 0 Å². The number of nitrogens with one attached hydrogen (secondary N) is 1. The summed E-state index contributed by atoms with van der Waals surface area (Å²) in [7, 11) is 1.52. The molecule has 0 fully saturated rings. The molecule has 2 aromatic heterocycles. The molecule has 0 spiro atoms. The maximum atomic E-state index is 11.7. The molecule has 1 N–H and O–H groups in total. The summed E-state index contributed by atoms with van der Waals surface area (Å²) in [4.78, 5) is 18.7. The summed E-state index contributed by atoms with van der Waals surface area (Å²) >= 11 is 0. The van der Waals surface area contributed by atoms with Crippen LogP contribution in [0.3, 0.4) is 0 Å². The van der Waals surface area contributed by atoms with E-state index in [9.17, 15) is 4.79 Å². The number of aromatic amines is 1. The molecule has 0 aliphatic rings. The second-order valence-corrected chi connectivity index (χ2v) is 3.17. The van der Waals surface area contributed by atoms with Crippen molar-refractivity contribution in [2.24, 2.45) is 0 Å². The lowest BCUT2D eigenvalue weighted by molar-refractivity contribution is 0.0528. The monoisotopic (exact) mass is 220 g/mol. The van der Waals surface area contributed by atoms with E-state index in [4.69, 9.17) is 9.47 Å². The molecule has 84 valence electrons. The Kier molecular flexibility index (Phi) is 2.76. The molecule has 5 heteroatoms. The number of esters is 1. The fraction of sp³-hybridized carbons (Fsp3) is 0.273. The zero-order chi connectivity index (χ0) is 11.5. The molecule has 2 rings (SSSR count). The highest BCUT2D eigenvalue weighted by molar-refractivity contribution is 6.06. The third-order valence-corrected chi connectivity index (χ3v) is 2.25. The van der Waals surface area contributed by atoms with E-state index < -0.39 is 0 Å². The van der Waals surface area contributed by atoms with Crippen molar-refractivity contribution in [1.82, 2.24) is 9.97 Å². The van der Waals surface area contributed by atoms with Gasteiger partial charge in [-0.1, -0.05) is 0 Å². The number of H-pyrrole nitrogens is 1. The normalized spacial score (nSPS) is 10.4. The standard InChI is InChI=1S/C11H12N2O3/c1-3-16-11(14)7-6-13-8-4-5-12-10(15-2)9(7)8/h4-6,13H,3H2,1-2H3. The number of nitrogens with zero attached hydrogens (tertiary/aromatic N) is 1. The minimum atomic E-state index is -0.375. The van der Waals surface area contributed by atoms with E-state index in [0.29, 0.717) is 23.4 Å². The van der Waals surface area contributed by atoms with Gasteiger partial charge in [0, 0.05) is 12.4 Å². The van der Waals surface area contributed by atoms with Crippen LogP contribution >= 0.6 is 0 Å². The topological polar surface area (TPSA) is 64.2 Å². The Labute approximate surface area is 92.4 Å². The molecule has 0 aromatic carbocycles. The van der Waals surface area contributed by atoms with Gasteiger partial charge in [0.1, 0.15) is 0 Å². The lowest BCUT2D eigenvalue weighted by atomic mass is 10.2. The van der Waals surface area contributed by atoms with Crippen LogP contribution in [0.25, 0.3) is 10.9 Å². The van der Waals surface area contributed by atoms with Gasteiger partial charge in [-0.2, -0.15) is 0 Å². The summed E-state index contributed by atoms with van der Waals surface area (Å²) in [5.74, 6) is 0.0434. The molecule has 0 aliphatic carbocycles. The number of hydrogen-bond acceptors (Lipinski definition) is 4. The second kappa shape index (κ2) is 4.22. The molecule has 2 heterocycles. The minimum Gasteiger partial charge on any atom is -0.480 e. The molecule has 0 unspecified atom stereocenters. The van der Waals surface area contributed by atoms with E-state index in [0.717, 1.165) is 5.52 Å². The van der Waals surface area contributed by atoms with Gasteiger partial charge >= 0.3 is 5.97 Å². The lowest BCUT2D eigenvalue weighted by Crippen LogP contribution is -2.04. The van der Waals surface area contributed by atoms with Gasteiger partial charge in [-0.15, -0.1) is 0 Å². The van der Waals surface area contributed by atoms with Crippen molar-refractivity contribution in [3.8, 4) is 5.88 Å². The second-order valence-electron chi connectivity index (χ2n) is 3.17. The summed E-state index contributed by atoms with van der Waals surface area (Å²) in [5, 5.41) is 0.656. The van der Waals surface area contributed by atoms with E-state index >= 15 is 0 Å². The lowest BCUT2D eigenvalue weighted by Gasteiger charge is -2.03. The fourth-order valence-corrected chi connectivity index (χ4v) is 1.57. The molecule has 5 nitrogen and oxygen atoms in total. The summed E-state index contributed by atoms with van der Waals surface area (Å²) in [6, 6.07) is 1.78. The molecule has 0 saturated heterocycles. The van der Waals surface area contributed by atoms with Crippen molar-refractivity contribution >= 4 is 16.9 Å². The Morgan fingerprint density at radius 2 is 2.38 bits per heavy atom. The summed E-state index contributed by atoms with van der Waals surface area (Å²) < 4.78 is 10.1. The molecule has 0 bridgehead atoms. The molecule has 0 radical (unpaired) electrons. The summed E-state index contributed by atoms with van der Waals surface area (Å²) in [6.45, 7) is 2.11. The third-order valence-electron chi connectivity index (χ3n) is 2.25. The van der Waals surface area contributed by atoms with E-state index in [1.165, 1.54) is 7.11 Å². The number of rotatable bonds is 3. The van der Waals surface area contributed by atoms with Crippen LogP contribution in [-0.2, 0) is 4.74 Å². The SMILES string of the molecule is CCOC(=O)c1c[nH]c2ccnc(OC)c12. The molecular formula is C11H12N2O3. The van der Waals surface area contributed by atoms with Crippen LogP contribution < -0.4 is 4.74 Å². The predicted molar refractivity (Wildman–Crippen MR) is 58.6 cm³/mol. The first-order valence-electron chi connectivity index (χ1n) is 4.95. The van der Waals surface area contributed by atoms with Gasteiger partial charge in [0.2, 0.25) is 5.88 Å². The van der Waals surface area contributed by atoms with Crippen LogP contribution in [0.15, 0.2) is 18.5 Å². The zero-order valence-electron chi connectivity index (χ0n) is 9.11. The van der Waals surface area contributed by atoms with Crippen molar-refractivity contribution in [1.29, 1.82) is 0 Å². The minimum absolute atomic E-state index is 0.341. The van der Waals surface area contributed by atoms with Crippen LogP contribution in [0, 0.1) is 0 Å². The number of ether oxygens (including phenoxy) is 2. The number of pyridine rings is 1. The first-order chi connectivity index (χ1) is 7.77. The van der Waals surface area contributed by atoms with Gasteiger partial charge in [-0.25, -0.2) is 9.78 Å². The Hall–Kier alpha value is -2.04. The number of carbonyl (C=O) groups excluding carboxylic acids is 1. The van der Waals surface area contributed by atoms with Gasteiger partial charge in [0.25, 0.3) is 0 Å². The highest BCUT2D eigenvalue weighted by Gasteiger charge is 2.17. The van der Waals surface area contributed by atoms with Gasteiger partial charge in [0.15, 0.2) is 0 Å². The quantitative estimate of drug-likeness (QED) is 0.800. The number of aromatic nitrogens is 2. The molecular weight excluding hydrogens is 208 g/mol. The first-order valence-corrected chi connectivity index (χ1v) is 4.95. The van der Waals surface area contributed by atoms with Gasteiger partial charge in [-0.3, -0.25) is 0 Å². The van der Waals surface area contributed by atoms with Crippen molar-refractivity contribution in [3.63, 3.8) is 0 Å². The highest BCUT2D eigenvalue weighted by atomic mass is 16.5. The summed E-state index contributed by atoms with van der Waals surface area (Å²) in [5.41, 5.74) is 1.25. The van der Waals surface area contributed by atoms with E-state index in [1.54, 1.807) is 25.4 Å². The van der Waals surface area contributed by atoms with Crippen molar-refractivity contribution in [3.05, 3.63) is 24.0 Å². The maximum Gasteiger partial charge on any atom is 0.340 e. The average molecular weight is 220 g/mol. The van der Waals surface area contributed by atoms with Crippen molar-refractivity contribution < 1.29 is 14.3 Å². The van der Waals surface area contributed by atoms with E-state index in [2.05, 4.69) is 9.97 Å². The zero-order valence-corrected chi connectivity index (χ0v) is 9.11. The van der Waals surface area contributed by atoms with Gasteiger partial charge in [0.05, 0.1) is 30.2 Å². The van der Waals surface area contributed by atoms with Crippen molar-refractivity contribution in [2.45, 2.75) is 6.92 Å². The van der Waals surface area contributed by atoms with E-state index in [1.807, 2.05) is 0 Å². The Bertz CT molecular complexity index is 519. The van der Waals surface area contributed by atoms with Crippen LogP contribution in [0.1, 0.15) is 17.3 Å². The fourth-order valence-electron chi connectivity index (χ4n) is 1.57. The van der Waals surface area contributed by atoms with Crippen LogP contribution in [0.5, 0.6) is 5.88 Å². The molecule has 0 atom stereocenters. The summed E-state index contributed by atoms with van der Waals surface area (Å²) in [6.07, 6.45) is 3.22. The molecule has 0 saturated carbocycles.